The van der Waals surface area contributed by atoms with Crippen LogP contribution in [0.15, 0.2) is 47.4 Å². The molecule has 0 heterocycles. The maximum Gasteiger partial charge on any atom is 0.344 e. The lowest BCUT2D eigenvalue weighted by molar-refractivity contribution is -0.149. The van der Waals surface area contributed by atoms with Gasteiger partial charge in [-0.1, -0.05) is 11.6 Å². The first-order valence-electron chi connectivity index (χ1n) is 7.80. The van der Waals surface area contributed by atoms with Gasteiger partial charge >= 0.3 is 5.97 Å². The molecule has 0 saturated carbocycles. The number of hydrogen-bond donors (Lipinski definition) is 1. The second-order valence-electron chi connectivity index (χ2n) is 5.71. The molecule has 0 aliphatic carbocycles. The summed E-state index contributed by atoms with van der Waals surface area (Å²) in [7, 11) is -3.31. The molecule has 0 unspecified atom stereocenters. The summed E-state index contributed by atoms with van der Waals surface area (Å²) in [6.45, 7) is 0.966. The van der Waals surface area contributed by atoms with Crippen LogP contribution in [0.1, 0.15) is 5.56 Å². The van der Waals surface area contributed by atoms with Crippen LogP contribution in [-0.4, -0.2) is 39.8 Å². The maximum atomic E-state index is 11.8. The first kappa shape index (κ1) is 20.7. The molecule has 2 aromatic rings. The van der Waals surface area contributed by atoms with Crippen molar-refractivity contribution >= 4 is 39.0 Å². The van der Waals surface area contributed by atoms with Crippen molar-refractivity contribution in [3.63, 3.8) is 0 Å². The third kappa shape index (κ3) is 6.58. The van der Waals surface area contributed by atoms with Gasteiger partial charge < -0.3 is 14.8 Å². The number of anilines is 1. The molecule has 7 nitrogen and oxygen atoms in total. The lowest BCUT2D eigenvalue weighted by atomic mass is 10.2. The number of aryl methyl sites for hydroxylation is 1. The molecule has 0 saturated heterocycles. The Hall–Kier alpha value is -2.58. The molecule has 0 bridgehead atoms. The SMILES string of the molecule is Cc1cc(OCC(=O)OCC(=O)Nc2ccc(S(C)(=O)=O)cc2)ccc1Cl. The Balaban J connectivity index is 1.77. The number of esters is 1. The van der Waals surface area contributed by atoms with Crippen LogP contribution in [-0.2, 0) is 24.2 Å². The van der Waals surface area contributed by atoms with Crippen molar-refractivity contribution in [3.05, 3.63) is 53.1 Å². The van der Waals surface area contributed by atoms with Crippen molar-refractivity contribution in [1.82, 2.24) is 0 Å². The largest absolute Gasteiger partial charge is 0.482 e. The number of hydrogen-bond acceptors (Lipinski definition) is 6. The first-order valence-corrected chi connectivity index (χ1v) is 10.1. The molecule has 1 amide bonds. The molecular formula is C18H18ClNO6S. The maximum absolute atomic E-state index is 11.8. The molecule has 0 aliphatic heterocycles. The normalized spacial score (nSPS) is 10.9. The van der Waals surface area contributed by atoms with E-state index in [4.69, 9.17) is 21.1 Å². The fourth-order valence-corrected chi connectivity index (χ4v) is 2.77. The Bertz CT molecular complexity index is 941. The summed E-state index contributed by atoms with van der Waals surface area (Å²) in [5, 5.41) is 3.09. The number of benzene rings is 2. The molecule has 0 aromatic heterocycles. The van der Waals surface area contributed by atoms with Gasteiger partial charge in [0.1, 0.15) is 5.75 Å². The molecule has 0 radical (unpaired) electrons. The fourth-order valence-electron chi connectivity index (χ4n) is 2.02. The number of halogens is 1. The third-order valence-electron chi connectivity index (χ3n) is 3.42. The van der Waals surface area contributed by atoms with E-state index in [2.05, 4.69) is 5.32 Å². The van der Waals surface area contributed by atoms with E-state index in [1.807, 2.05) is 0 Å². The van der Waals surface area contributed by atoms with E-state index >= 15 is 0 Å². The number of ether oxygens (including phenoxy) is 2. The van der Waals surface area contributed by atoms with Crippen molar-refractivity contribution in [2.45, 2.75) is 11.8 Å². The van der Waals surface area contributed by atoms with E-state index in [0.29, 0.717) is 16.5 Å². The number of sulfone groups is 1. The molecule has 9 heteroatoms. The summed E-state index contributed by atoms with van der Waals surface area (Å²) in [5.74, 6) is -0.799. The summed E-state index contributed by atoms with van der Waals surface area (Å²) in [4.78, 5) is 23.6. The van der Waals surface area contributed by atoms with Crippen molar-refractivity contribution in [2.75, 3.05) is 24.8 Å². The van der Waals surface area contributed by atoms with Gasteiger partial charge in [-0.05, 0) is 55.0 Å². The van der Waals surface area contributed by atoms with Gasteiger partial charge in [0, 0.05) is 17.0 Å². The van der Waals surface area contributed by atoms with Crippen LogP contribution in [0.5, 0.6) is 5.75 Å². The lowest BCUT2D eigenvalue weighted by Crippen LogP contribution is -2.23. The van der Waals surface area contributed by atoms with Gasteiger partial charge in [-0.15, -0.1) is 0 Å². The number of carbonyl (C=O) groups is 2. The summed E-state index contributed by atoms with van der Waals surface area (Å²) in [5.41, 5.74) is 1.19. The van der Waals surface area contributed by atoms with Crippen LogP contribution >= 0.6 is 11.6 Å². The summed E-state index contributed by atoms with van der Waals surface area (Å²) < 4.78 is 32.9. The van der Waals surface area contributed by atoms with Crippen LogP contribution in [0, 0.1) is 6.92 Å². The van der Waals surface area contributed by atoms with E-state index in [1.54, 1.807) is 25.1 Å². The minimum Gasteiger partial charge on any atom is -0.482 e. The monoisotopic (exact) mass is 411 g/mol. The second-order valence-corrected chi connectivity index (χ2v) is 8.13. The first-order chi connectivity index (χ1) is 12.6. The Kier molecular flexibility index (Phi) is 6.81. The smallest absolute Gasteiger partial charge is 0.344 e. The highest BCUT2D eigenvalue weighted by atomic mass is 35.5. The van der Waals surface area contributed by atoms with Crippen molar-refractivity contribution in [3.8, 4) is 5.75 Å². The Morgan fingerprint density at radius 3 is 2.33 bits per heavy atom. The van der Waals surface area contributed by atoms with Gasteiger partial charge in [-0.25, -0.2) is 13.2 Å². The van der Waals surface area contributed by atoms with Gasteiger partial charge in [-0.3, -0.25) is 4.79 Å². The van der Waals surface area contributed by atoms with Crippen LogP contribution in [0.25, 0.3) is 0 Å². The summed E-state index contributed by atoms with van der Waals surface area (Å²) >= 11 is 5.90. The average Bonchev–Trinajstić information content (AvgIpc) is 2.60. The Morgan fingerprint density at radius 2 is 1.74 bits per heavy atom. The van der Waals surface area contributed by atoms with E-state index < -0.39 is 28.3 Å². The van der Waals surface area contributed by atoms with Gasteiger partial charge in [-0.2, -0.15) is 0 Å². The number of amides is 1. The summed E-state index contributed by atoms with van der Waals surface area (Å²) in [6.07, 6.45) is 1.09. The fraction of sp³-hybridized carbons (Fsp3) is 0.222. The molecule has 0 spiro atoms. The minimum atomic E-state index is -3.31. The number of carbonyl (C=O) groups excluding carboxylic acids is 2. The zero-order chi connectivity index (χ0) is 20.0. The molecule has 2 aromatic carbocycles. The zero-order valence-electron chi connectivity index (χ0n) is 14.7. The van der Waals surface area contributed by atoms with Crippen LogP contribution in [0.4, 0.5) is 5.69 Å². The van der Waals surface area contributed by atoms with Crippen molar-refractivity contribution in [1.29, 1.82) is 0 Å². The molecular weight excluding hydrogens is 394 g/mol. The Morgan fingerprint density at radius 1 is 1.07 bits per heavy atom. The van der Waals surface area contributed by atoms with E-state index in [0.717, 1.165) is 11.8 Å². The molecule has 27 heavy (non-hydrogen) atoms. The van der Waals surface area contributed by atoms with Gasteiger partial charge in [0.2, 0.25) is 0 Å². The zero-order valence-corrected chi connectivity index (χ0v) is 16.3. The van der Waals surface area contributed by atoms with Crippen LogP contribution in [0.3, 0.4) is 0 Å². The average molecular weight is 412 g/mol. The standard InChI is InChI=1S/C18H18ClNO6S/c1-12-9-14(5-8-16(12)19)25-11-18(22)26-10-17(21)20-13-3-6-15(7-4-13)27(2,23)24/h3-9H,10-11H2,1-2H3,(H,20,21). The molecule has 0 aliphatic rings. The van der Waals surface area contributed by atoms with E-state index in [9.17, 15) is 18.0 Å². The molecule has 1 N–H and O–H groups in total. The topological polar surface area (TPSA) is 98.8 Å². The predicted molar refractivity (Wildman–Crippen MR) is 101 cm³/mol. The highest BCUT2D eigenvalue weighted by Gasteiger charge is 2.11. The van der Waals surface area contributed by atoms with Gasteiger partial charge in [0.15, 0.2) is 23.1 Å². The number of rotatable bonds is 7. The summed E-state index contributed by atoms with van der Waals surface area (Å²) in [6, 6.07) is 10.6. The lowest BCUT2D eigenvalue weighted by Gasteiger charge is -2.09. The highest BCUT2D eigenvalue weighted by Crippen LogP contribution is 2.21. The quantitative estimate of drug-likeness (QED) is 0.703. The van der Waals surface area contributed by atoms with Gasteiger partial charge in [0.05, 0.1) is 4.90 Å². The van der Waals surface area contributed by atoms with Crippen LogP contribution < -0.4 is 10.1 Å². The molecule has 0 atom stereocenters. The van der Waals surface area contributed by atoms with Crippen molar-refractivity contribution < 1.29 is 27.5 Å². The third-order valence-corrected chi connectivity index (χ3v) is 4.97. The molecule has 2 rings (SSSR count). The van der Waals surface area contributed by atoms with E-state index in [-0.39, 0.29) is 11.5 Å². The highest BCUT2D eigenvalue weighted by molar-refractivity contribution is 7.90. The van der Waals surface area contributed by atoms with Crippen LogP contribution in [0.2, 0.25) is 5.02 Å². The van der Waals surface area contributed by atoms with Gasteiger partial charge in [0.25, 0.3) is 5.91 Å². The van der Waals surface area contributed by atoms with E-state index in [1.165, 1.54) is 24.3 Å². The predicted octanol–water partition coefficient (Wildman–Crippen LogP) is 2.61. The minimum absolute atomic E-state index is 0.140. The second kappa shape index (κ2) is 8.88. The molecule has 0 fully saturated rings. The Labute approximate surface area is 162 Å². The molecule has 144 valence electrons. The van der Waals surface area contributed by atoms with Crippen molar-refractivity contribution in [2.24, 2.45) is 0 Å². The number of nitrogens with one attached hydrogen (secondary N) is 1.